The van der Waals surface area contributed by atoms with Crippen LogP contribution in [0, 0.1) is 5.41 Å². The number of ether oxygens (including phenoxy) is 2. The summed E-state index contributed by atoms with van der Waals surface area (Å²) in [5.41, 5.74) is 0.192. The molecule has 0 fully saturated rings. The first-order valence-corrected chi connectivity index (χ1v) is 8.06. The van der Waals surface area contributed by atoms with Gasteiger partial charge in [-0.25, -0.2) is 0 Å². The third-order valence-electron chi connectivity index (χ3n) is 3.05. The molecule has 0 saturated heterocycles. The van der Waals surface area contributed by atoms with Gasteiger partial charge in [0.15, 0.2) is 0 Å². The molecule has 5 heteroatoms. The van der Waals surface area contributed by atoms with Gasteiger partial charge in [-0.05, 0) is 25.9 Å². The fourth-order valence-electron chi connectivity index (χ4n) is 2.23. The summed E-state index contributed by atoms with van der Waals surface area (Å²) in [6, 6.07) is 0. The fourth-order valence-corrected chi connectivity index (χ4v) is 2.23. The monoisotopic (exact) mass is 304 g/mol. The van der Waals surface area contributed by atoms with Crippen LogP contribution >= 0.6 is 0 Å². The van der Waals surface area contributed by atoms with Crippen molar-refractivity contribution in [3.63, 3.8) is 0 Å². The molecule has 2 N–H and O–H groups in total. The summed E-state index contributed by atoms with van der Waals surface area (Å²) in [6.45, 7) is 11.3. The first-order valence-electron chi connectivity index (χ1n) is 8.06. The van der Waals surface area contributed by atoms with Crippen LogP contribution in [0.5, 0.6) is 0 Å². The third kappa shape index (κ3) is 14.5. The van der Waals surface area contributed by atoms with Crippen molar-refractivity contribution in [3.05, 3.63) is 0 Å². The van der Waals surface area contributed by atoms with E-state index in [0.29, 0.717) is 26.4 Å². The quantitative estimate of drug-likeness (QED) is 0.475. The second-order valence-corrected chi connectivity index (χ2v) is 6.73. The maximum Gasteiger partial charge on any atom is 0.0897 e. The van der Waals surface area contributed by atoms with Gasteiger partial charge in [-0.2, -0.15) is 0 Å². The molecule has 1 unspecified atom stereocenters. The number of unbranched alkanes of at least 4 members (excludes halogenated alkanes) is 1. The van der Waals surface area contributed by atoms with E-state index >= 15 is 0 Å². The van der Waals surface area contributed by atoms with Crippen molar-refractivity contribution in [1.29, 1.82) is 0 Å². The van der Waals surface area contributed by atoms with Crippen molar-refractivity contribution < 1.29 is 14.6 Å². The van der Waals surface area contributed by atoms with Gasteiger partial charge in [-0.1, -0.05) is 27.2 Å². The molecule has 0 radical (unpaired) electrons. The van der Waals surface area contributed by atoms with E-state index in [0.717, 1.165) is 32.5 Å². The molecule has 0 aliphatic carbocycles. The van der Waals surface area contributed by atoms with Crippen LogP contribution in [0.1, 0.15) is 33.6 Å². The van der Waals surface area contributed by atoms with E-state index in [-0.39, 0.29) is 5.41 Å². The zero-order chi connectivity index (χ0) is 16.1. The van der Waals surface area contributed by atoms with Gasteiger partial charge in [-0.15, -0.1) is 0 Å². The molecular formula is C16H36N2O3. The van der Waals surface area contributed by atoms with Gasteiger partial charge in [0, 0.05) is 26.2 Å². The molecule has 0 aromatic rings. The van der Waals surface area contributed by atoms with E-state index in [4.69, 9.17) is 9.47 Å². The van der Waals surface area contributed by atoms with Gasteiger partial charge in [0.05, 0.1) is 25.9 Å². The number of hydrogen-bond acceptors (Lipinski definition) is 5. The maximum atomic E-state index is 9.83. The Labute approximate surface area is 131 Å². The molecule has 0 heterocycles. The Balaban J connectivity index is 3.47. The van der Waals surface area contributed by atoms with Crippen molar-refractivity contribution in [3.8, 4) is 0 Å². The molecule has 0 aromatic carbocycles. The second-order valence-electron chi connectivity index (χ2n) is 6.73. The van der Waals surface area contributed by atoms with Crippen LogP contribution in [-0.2, 0) is 9.47 Å². The Bertz CT molecular complexity index is 236. The third-order valence-corrected chi connectivity index (χ3v) is 3.05. The normalized spacial score (nSPS) is 13.9. The van der Waals surface area contributed by atoms with Gasteiger partial charge in [0.1, 0.15) is 0 Å². The Morgan fingerprint density at radius 2 is 1.81 bits per heavy atom. The van der Waals surface area contributed by atoms with Gasteiger partial charge >= 0.3 is 0 Å². The van der Waals surface area contributed by atoms with E-state index in [2.05, 4.69) is 45.1 Å². The summed E-state index contributed by atoms with van der Waals surface area (Å²) < 4.78 is 10.8. The minimum Gasteiger partial charge on any atom is -0.389 e. The van der Waals surface area contributed by atoms with E-state index < -0.39 is 6.10 Å². The molecule has 0 aromatic heterocycles. The molecule has 1 atom stereocenters. The molecule has 0 bridgehead atoms. The van der Waals surface area contributed by atoms with Crippen LogP contribution in [0.2, 0.25) is 0 Å². The molecule has 0 rings (SSSR count). The lowest BCUT2D eigenvalue weighted by Gasteiger charge is -2.29. The summed E-state index contributed by atoms with van der Waals surface area (Å²) in [5, 5.41) is 13.1. The van der Waals surface area contributed by atoms with Crippen molar-refractivity contribution in [1.82, 2.24) is 10.2 Å². The molecule has 21 heavy (non-hydrogen) atoms. The van der Waals surface area contributed by atoms with Crippen LogP contribution < -0.4 is 5.32 Å². The highest BCUT2D eigenvalue weighted by atomic mass is 16.5. The van der Waals surface area contributed by atoms with Crippen molar-refractivity contribution in [2.75, 3.05) is 60.2 Å². The Morgan fingerprint density at radius 1 is 1.14 bits per heavy atom. The molecule has 0 spiro atoms. The van der Waals surface area contributed by atoms with Crippen molar-refractivity contribution in [2.24, 2.45) is 5.41 Å². The predicted molar refractivity (Wildman–Crippen MR) is 87.8 cm³/mol. The predicted octanol–water partition coefficient (Wildman–Crippen LogP) is 1.36. The van der Waals surface area contributed by atoms with Crippen LogP contribution in [0.15, 0.2) is 0 Å². The smallest absolute Gasteiger partial charge is 0.0897 e. The Kier molecular flexibility index (Phi) is 12.2. The van der Waals surface area contributed by atoms with Crippen LogP contribution in [0.25, 0.3) is 0 Å². The number of nitrogens with one attached hydrogen (secondary N) is 1. The van der Waals surface area contributed by atoms with E-state index in [1.54, 1.807) is 0 Å². The first kappa shape index (κ1) is 20.8. The summed E-state index contributed by atoms with van der Waals surface area (Å²) in [4.78, 5) is 2.18. The van der Waals surface area contributed by atoms with Crippen molar-refractivity contribution >= 4 is 0 Å². The summed E-state index contributed by atoms with van der Waals surface area (Å²) in [5.74, 6) is 0. The number of aliphatic hydroxyl groups excluding tert-OH is 1. The molecule has 0 amide bonds. The lowest BCUT2D eigenvalue weighted by Crippen LogP contribution is -2.41. The van der Waals surface area contributed by atoms with Gasteiger partial charge in [-0.3, -0.25) is 0 Å². The number of nitrogens with zero attached hydrogens (tertiary/aromatic N) is 1. The first-order chi connectivity index (χ1) is 9.87. The summed E-state index contributed by atoms with van der Waals surface area (Å²) in [6.07, 6.45) is 1.78. The van der Waals surface area contributed by atoms with E-state index in [1.165, 1.54) is 0 Å². The highest BCUT2D eigenvalue weighted by molar-refractivity contribution is 4.75. The molecule has 0 aliphatic rings. The average molecular weight is 304 g/mol. The lowest BCUT2D eigenvalue weighted by atomic mass is 9.93. The highest BCUT2D eigenvalue weighted by Gasteiger charge is 2.18. The molecule has 0 saturated carbocycles. The number of hydrogen-bond donors (Lipinski definition) is 2. The number of rotatable bonds is 14. The zero-order valence-corrected chi connectivity index (χ0v) is 14.7. The van der Waals surface area contributed by atoms with Gasteiger partial charge in [0.2, 0.25) is 0 Å². The van der Waals surface area contributed by atoms with Crippen LogP contribution in [0.4, 0.5) is 0 Å². The minimum absolute atomic E-state index is 0.192. The Hall–Kier alpha value is -0.200. The summed E-state index contributed by atoms with van der Waals surface area (Å²) >= 11 is 0. The van der Waals surface area contributed by atoms with E-state index in [9.17, 15) is 5.11 Å². The SMILES string of the molecule is CCCCOCCOCC(O)CNCC(C)(C)CN(C)C. The van der Waals surface area contributed by atoms with Crippen molar-refractivity contribution in [2.45, 2.75) is 39.7 Å². The minimum atomic E-state index is -0.462. The van der Waals surface area contributed by atoms with Crippen LogP contribution in [0.3, 0.4) is 0 Å². The zero-order valence-electron chi connectivity index (χ0n) is 14.7. The molecular weight excluding hydrogens is 268 g/mol. The summed E-state index contributed by atoms with van der Waals surface area (Å²) in [7, 11) is 4.15. The average Bonchev–Trinajstić information content (AvgIpc) is 2.35. The highest BCUT2D eigenvalue weighted by Crippen LogP contribution is 2.13. The molecule has 128 valence electrons. The topological polar surface area (TPSA) is 54.0 Å². The molecule has 0 aliphatic heterocycles. The fraction of sp³-hybridized carbons (Fsp3) is 1.00. The lowest BCUT2D eigenvalue weighted by molar-refractivity contribution is 0.00329. The standard InChI is InChI=1S/C16H36N2O3/c1-6-7-8-20-9-10-21-12-15(19)11-17-13-16(2,3)14-18(4)5/h15,17,19H,6-14H2,1-5H3. The number of aliphatic hydroxyl groups is 1. The maximum absolute atomic E-state index is 9.83. The van der Waals surface area contributed by atoms with Gasteiger partial charge < -0.3 is 24.8 Å². The Morgan fingerprint density at radius 3 is 2.43 bits per heavy atom. The second kappa shape index (κ2) is 12.4. The van der Waals surface area contributed by atoms with Crippen LogP contribution in [-0.4, -0.2) is 76.3 Å². The largest absolute Gasteiger partial charge is 0.389 e. The van der Waals surface area contributed by atoms with E-state index in [1.807, 2.05) is 0 Å². The van der Waals surface area contributed by atoms with Gasteiger partial charge in [0.25, 0.3) is 0 Å². The molecule has 5 nitrogen and oxygen atoms in total.